The van der Waals surface area contributed by atoms with Crippen molar-refractivity contribution in [3.63, 3.8) is 0 Å². The number of nitrogens with zero attached hydrogens (tertiary/aromatic N) is 7. The first kappa shape index (κ1) is 39.7. The predicted molar refractivity (Wildman–Crippen MR) is 222 cm³/mol. The van der Waals surface area contributed by atoms with Crippen LogP contribution >= 0.6 is 0 Å². The van der Waals surface area contributed by atoms with Crippen LogP contribution in [-0.4, -0.2) is 19.6 Å². The normalized spacial score (nSPS) is 19.6. The maximum Gasteiger partial charge on any atom is 0.510 e. The van der Waals surface area contributed by atoms with Gasteiger partial charge in [0.15, 0.2) is 18.1 Å². The van der Waals surface area contributed by atoms with E-state index in [-0.39, 0.29) is 17.5 Å². The molecule has 15 rings (SSSR count). The molecule has 9 bridgehead atoms. The highest BCUT2D eigenvalue weighted by atomic mass is 19.4. The van der Waals surface area contributed by atoms with Gasteiger partial charge in [0.25, 0.3) is 17.2 Å². The molecule has 2 spiro atoms. The largest absolute Gasteiger partial charge is 0.510 e. The number of fused-ring (bicyclic) bond motifs is 6. The second-order valence-corrected chi connectivity index (χ2v) is 18.7. The van der Waals surface area contributed by atoms with E-state index < -0.39 is 34.9 Å². The number of hydrogen-bond donors (Lipinski definition) is 0. The second-order valence-electron chi connectivity index (χ2n) is 18.7. The van der Waals surface area contributed by atoms with E-state index in [9.17, 15) is 13.2 Å². The van der Waals surface area contributed by atoms with Crippen LogP contribution in [0.5, 0.6) is 0 Å². The van der Waals surface area contributed by atoms with Gasteiger partial charge < -0.3 is 0 Å². The van der Waals surface area contributed by atoms with Gasteiger partial charge in [-0.05, 0) is 95.2 Å². The molecule has 0 aliphatic carbocycles. The van der Waals surface area contributed by atoms with Crippen LogP contribution in [0, 0.1) is 0 Å². The minimum Gasteiger partial charge on any atom is -0.201 e. The summed E-state index contributed by atoms with van der Waals surface area (Å²) in [7, 11) is 1.87. The van der Waals surface area contributed by atoms with E-state index in [1.807, 2.05) is 64.4 Å². The average molecular weight is 859 g/mol. The van der Waals surface area contributed by atoms with Gasteiger partial charge >= 0.3 is 18.1 Å². The van der Waals surface area contributed by atoms with Crippen LogP contribution in [0.4, 0.5) is 26.3 Å². The molecule has 8 aliphatic rings. The maximum absolute atomic E-state index is 15.3. The first-order valence-corrected chi connectivity index (χ1v) is 21.6. The van der Waals surface area contributed by atoms with Crippen LogP contribution in [0.3, 0.4) is 0 Å². The zero-order valence-electron chi connectivity index (χ0n) is 35.7. The van der Waals surface area contributed by atoms with Crippen molar-refractivity contribution in [1.29, 1.82) is 0 Å². The van der Waals surface area contributed by atoms with Gasteiger partial charge in [0.1, 0.15) is 5.69 Å². The zero-order chi connectivity index (χ0) is 44.0. The standard InChI is InChI=1S/C50H46F6N7/c1-6-7-44-58-59(5)45-38-24-32-14-12-30-8-10-31(11-9-30)13-15-33-20-22-60-40(25-33)37-18-17-36(48(51,52)53)26-34(37)29-47(62(44)45,39(38)19-16-32)50(60)61-23-21-35(46(2,3)4)27-41(61)42-28-43(49(54,55)56)57-63(42)50/h8-11,16-28H,6-7,12-15,29H2,1-5H3/q+3. The first-order chi connectivity index (χ1) is 29.9. The Kier molecular flexibility index (Phi) is 8.33. The highest BCUT2D eigenvalue weighted by molar-refractivity contribution is 5.70. The van der Waals surface area contributed by atoms with Crippen LogP contribution in [0.2, 0.25) is 0 Å². The van der Waals surface area contributed by atoms with Crippen molar-refractivity contribution in [3.8, 4) is 34.0 Å². The smallest absolute Gasteiger partial charge is 0.201 e. The second kappa shape index (κ2) is 13.2. The van der Waals surface area contributed by atoms with E-state index in [0.29, 0.717) is 60.4 Å². The number of pyridine rings is 2. The summed E-state index contributed by atoms with van der Waals surface area (Å²) in [6.07, 6.45) is -1.64. The first-order valence-electron chi connectivity index (χ1n) is 21.6. The summed E-state index contributed by atoms with van der Waals surface area (Å²) >= 11 is 0. The van der Waals surface area contributed by atoms with Gasteiger partial charge in [0.05, 0.1) is 18.2 Å². The highest BCUT2D eigenvalue weighted by Gasteiger charge is 2.82. The zero-order valence-corrected chi connectivity index (χ0v) is 35.7. The molecular formula is C50H46F6N7+3. The minimum absolute atomic E-state index is 0.0481. The van der Waals surface area contributed by atoms with Crippen molar-refractivity contribution in [2.24, 2.45) is 7.05 Å². The number of hydrogen-bond acceptors (Lipinski definition) is 2. The molecule has 3 aromatic carbocycles. The van der Waals surface area contributed by atoms with E-state index in [4.69, 9.17) is 5.10 Å². The van der Waals surface area contributed by atoms with Gasteiger partial charge in [-0.25, -0.2) is 4.57 Å². The molecule has 0 saturated heterocycles. The lowest BCUT2D eigenvalue weighted by atomic mass is 9.76. The Bertz CT molecular complexity index is 3040. The average Bonchev–Trinajstić information content (AvgIpc) is 3.95. The Hall–Kier alpha value is -6.11. The molecule has 12 heterocycles. The monoisotopic (exact) mass is 858 g/mol. The summed E-state index contributed by atoms with van der Waals surface area (Å²) in [4.78, 5) is 0. The van der Waals surface area contributed by atoms with Crippen LogP contribution in [0.15, 0.2) is 103 Å². The molecule has 8 aliphatic heterocycles. The quantitative estimate of drug-likeness (QED) is 0.129. The Morgan fingerprint density at radius 2 is 1.30 bits per heavy atom. The Labute approximate surface area is 360 Å². The molecule has 7 nitrogen and oxygen atoms in total. The van der Waals surface area contributed by atoms with Gasteiger partial charge in [-0.3, -0.25) is 0 Å². The Morgan fingerprint density at radius 1 is 0.651 bits per heavy atom. The summed E-state index contributed by atoms with van der Waals surface area (Å²) < 4.78 is 100. The van der Waals surface area contributed by atoms with Crippen LogP contribution in [0.1, 0.15) is 90.1 Å². The van der Waals surface area contributed by atoms with Crippen molar-refractivity contribution in [2.75, 3.05) is 0 Å². The fraction of sp³-hybridized carbons (Fsp3) is 0.340. The third kappa shape index (κ3) is 5.56. The van der Waals surface area contributed by atoms with Gasteiger partial charge in [0.2, 0.25) is 11.4 Å². The predicted octanol–water partition coefficient (Wildman–Crippen LogP) is 8.99. The van der Waals surface area contributed by atoms with E-state index in [2.05, 4.69) is 72.9 Å². The minimum atomic E-state index is -4.81. The summed E-state index contributed by atoms with van der Waals surface area (Å²) in [6.45, 7) is 8.22. The molecule has 0 N–H and O–H groups in total. The van der Waals surface area contributed by atoms with E-state index in [1.165, 1.54) is 22.4 Å². The van der Waals surface area contributed by atoms with Crippen LogP contribution in [0.25, 0.3) is 34.0 Å². The number of alkyl halides is 6. The number of aryl methyl sites for hydroxylation is 6. The van der Waals surface area contributed by atoms with Crippen molar-refractivity contribution in [1.82, 2.24) is 19.6 Å². The van der Waals surface area contributed by atoms with E-state index in [0.717, 1.165) is 57.8 Å². The lowest BCUT2D eigenvalue weighted by molar-refractivity contribution is -1.04. The van der Waals surface area contributed by atoms with Gasteiger partial charge in [-0.1, -0.05) is 64.1 Å². The Morgan fingerprint density at radius 3 is 1.97 bits per heavy atom. The molecule has 2 atom stereocenters. The number of rotatable bonds is 2. The summed E-state index contributed by atoms with van der Waals surface area (Å²) in [6, 6.07) is 27.9. The number of aromatic nitrogens is 7. The lowest BCUT2D eigenvalue weighted by Crippen LogP contribution is -2.89. The van der Waals surface area contributed by atoms with Gasteiger partial charge in [-0.15, -0.1) is 18.5 Å². The molecule has 320 valence electrons. The molecule has 0 amide bonds. The van der Waals surface area contributed by atoms with Crippen molar-refractivity contribution >= 4 is 0 Å². The molecule has 13 heteroatoms. The van der Waals surface area contributed by atoms with Crippen LogP contribution in [-0.2, 0) is 74.7 Å². The maximum atomic E-state index is 15.3. The molecule has 0 saturated carbocycles. The van der Waals surface area contributed by atoms with Gasteiger partial charge in [0, 0.05) is 59.4 Å². The SMILES string of the molecule is CCCc1nn(C)c2[n+]1C13Cc4cc(C(F)(F)F)ccc4-c4cc(cc[n+]4C14n1nc(C(F)(F)F)cc1-c1cc(C(C)(C)C)cc[n+]14)CCc1ccc(cc1)CCc1ccc3c-2c1. The number of halogens is 6. The molecule has 63 heavy (non-hydrogen) atoms. The van der Waals surface area contributed by atoms with Gasteiger partial charge in [-0.2, -0.15) is 31.4 Å². The summed E-state index contributed by atoms with van der Waals surface area (Å²) in [5.41, 5.74) is 5.35. The van der Waals surface area contributed by atoms with Crippen molar-refractivity contribution < 1.29 is 40.0 Å². The van der Waals surface area contributed by atoms with Crippen LogP contribution < -0.4 is 13.7 Å². The molecule has 7 aromatic rings. The topological polar surface area (TPSA) is 47.3 Å². The summed E-state index contributed by atoms with van der Waals surface area (Å²) in [5, 5.41) is 9.78. The third-order valence-electron chi connectivity index (χ3n) is 13.9. The third-order valence-corrected chi connectivity index (χ3v) is 13.9. The fourth-order valence-electron chi connectivity index (χ4n) is 11.0. The molecule has 0 fully saturated rings. The van der Waals surface area contributed by atoms with Crippen molar-refractivity contribution in [3.05, 3.63) is 159 Å². The number of benzene rings is 3. The lowest BCUT2D eigenvalue weighted by Gasteiger charge is -2.36. The summed E-state index contributed by atoms with van der Waals surface area (Å²) in [5.74, 6) is -0.366. The van der Waals surface area contributed by atoms with E-state index in [1.54, 1.807) is 0 Å². The molecular weight excluding hydrogens is 813 g/mol. The van der Waals surface area contributed by atoms with E-state index >= 15 is 13.2 Å². The molecule has 4 aromatic heterocycles. The molecule has 0 radical (unpaired) electrons. The Balaban J connectivity index is 1.38. The highest BCUT2D eigenvalue weighted by Crippen LogP contribution is 2.54. The molecule has 2 unspecified atom stereocenters. The van der Waals surface area contributed by atoms with Crippen molar-refractivity contribution in [2.45, 2.75) is 102 Å². The fourth-order valence-corrected chi connectivity index (χ4v) is 11.0.